The van der Waals surface area contributed by atoms with Crippen LogP contribution in [-0.4, -0.2) is 53.6 Å². The Hall–Kier alpha value is -1.20. The summed E-state index contributed by atoms with van der Waals surface area (Å²) in [6.07, 6.45) is 5.97. The molecule has 0 spiro atoms. The first kappa shape index (κ1) is 14.7. The molecule has 5 nitrogen and oxygen atoms in total. The fourth-order valence-corrected chi connectivity index (χ4v) is 3.39. The van der Waals surface area contributed by atoms with Gasteiger partial charge in [0.15, 0.2) is 0 Å². The second-order valence-electron chi connectivity index (χ2n) is 6.19. The minimum absolute atomic E-state index is 0.706. The molecule has 1 aromatic heterocycles. The number of hydrogen-bond acceptors (Lipinski definition) is 5. The maximum Gasteiger partial charge on any atom is 0.225 e. The molecule has 2 saturated heterocycles. The van der Waals surface area contributed by atoms with E-state index >= 15 is 0 Å². The standard InChI is InChI=1S/C16H27N5/c1-3-17-10-14-11-18-16(19-13(14)2)21-9-6-15(12-21)20-7-4-5-8-20/h11,15,17H,3-10,12H2,1-2H3. The Bertz CT molecular complexity index is 470. The molecule has 1 atom stereocenters. The van der Waals surface area contributed by atoms with E-state index in [2.05, 4.69) is 33.9 Å². The molecular weight excluding hydrogens is 262 g/mol. The lowest BCUT2D eigenvalue weighted by Gasteiger charge is -2.23. The molecule has 0 aliphatic carbocycles. The van der Waals surface area contributed by atoms with Crippen molar-refractivity contribution in [3.8, 4) is 0 Å². The molecule has 21 heavy (non-hydrogen) atoms. The van der Waals surface area contributed by atoms with Crippen molar-refractivity contribution in [1.82, 2.24) is 20.2 Å². The zero-order valence-electron chi connectivity index (χ0n) is 13.3. The molecule has 3 rings (SSSR count). The van der Waals surface area contributed by atoms with Gasteiger partial charge in [-0.05, 0) is 45.8 Å². The molecule has 2 aliphatic heterocycles. The number of hydrogen-bond donors (Lipinski definition) is 1. The van der Waals surface area contributed by atoms with Gasteiger partial charge in [-0.15, -0.1) is 0 Å². The van der Waals surface area contributed by atoms with Crippen LogP contribution in [0.1, 0.15) is 37.4 Å². The summed E-state index contributed by atoms with van der Waals surface area (Å²) in [5, 5.41) is 3.34. The molecule has 116 valence electrons. The molecule has 2 fully saturated rings. The van der Waals surface area contributed by atoms with Gasteiger partial charge in [0.1, 0.15) is 0 Å². The first-order valence-corrected chi connectivity index (χ1v) is 8.30. The van der Waals surface area contributed by atoms with Crippen LogP contribution >= 0.6 is 0 Å². The van der Waals surface area contributed by atoms with E-state index in [1.807, 2.05) is 6.20 Å². The summed E-state index contributed by atoms with van der Waals surface area (Å²) < 4.78 is 0. The van der Waals surface area contributed by atoms with Crippen molar-refractivity contribution < 1.29 is 0 Å². The summed E-state index contributed by atoms with van der Waals surface area (Å²) in [6, 6.07) is 0.706. The van der Waals surface area contributed by atoms with Crippen LogP contribution in [0, 0.1) is 6.92 Å². The Balaban J connectivity index is 1.63. The zero-order valence-corrected chi connectivity index (χ0v) is 13.3. The van der Waals surface area contributed by atoms with Crippen LogP contribution in [-0.2, 0) is 6.54 Å². The van der Waals surface area contributed by atoms with Crippen molar-refractivity contribution in [2.75, 3.05) is 37.6 Å². The number of rotatable bonds is 5. The van der Waals surface area contributed by atoms with Crippen LogP contribution in [0.25, 0.3) is 0 Å². The maximum atomic E-state index is 4.73. The quantitative estimate of drug-likeness (QED) is 0.891. The number of aryl methyl sites for hydroxylation is 1. The molecule has 1 N–H and O–H groups in total. The Morgan fingerprint density at radius 1 is 1.29 bits per heavy atom. The van der Waals surface area contributed by atoms with E-state index in [-0.39, 0.29) is 0 Å². The Morgan fingerprint density at radius 2 is 2.10 bits per heavy atom. The Morgan fingerprint density at radius 3 is 2.81 bits per heavy atom. The zero-order chi connectivity index (χ0) is 14.7. The van der Waals surface area contributed by atoms with Gasteiger partial charge in [0.25, 0.3) is 0 Å². The van der Waals surface area contributed by atoms with Gasteiger partial charge in [-0.3, -0.25) is 4.90 Å². The predicted octanol–water partition coefficient (Wildman–Crippen LogP) is 1.57. The maximum absolute atomic E-state index is 4.73. The average molecular weight is 289 g/mol. The summed E-state index contributed by atoms with van der Waals surface area (Å²) >= 11 is 0. The van der Waals surface area contributed by atoms with Gasteiger partial charge >= 0.3 is 0 Å². The lowest BCUT2D eigenvalue weighted by molar-refractivity contribution is 0.260. The van der Waals surface area contributed by atoms with Crippen LogP contribution < -0.4 is 10.2 Å². The fraction of sp³-hybridized carbons (Fsp3) is 0.750. The van der Waals surface area contributed by atoms with Crippen LogP contribution in [0.15, 0.2) is 6.20 Å². The minimum Gasteiger partial charge on any atom is -0.339 e. The smallest absolute Gasteiger partial charge is 0.225 e. The normalized spacial score (nSPS) is 23.1. The van der Waals surface area contributed by atoms with E-state index in [0.29, 0.717) is 6.04 Å². The molecule has 0 bridgehead atoms. The second-order valence-corrected chi connectivity index (χ2v) is 6.19. The van der Waals surface area contributed by atoms with Crippen molar-refractivity contribution in [3.63, 3.8) is 0 Å². The van der Waals surface area contributed by atoms with Crippen molar-refractivity contribution in [3.05, 3.63) is 17.5 Å². The molecular formula is C16H27N5. The van der Waals surface area contributed by atoms with E-state index in [1.165, 1.54) is 37.9 Å². The molecule has 0 aromatic carbocycles. The van der Waals surface area contributed by atoms with Crippen LogP contribution in [0.5, 0.6) is 0 Å². The summed E-state index contributed by atoms with van der Waals surface area (Å²) in [7, 11) is 0. The van der Waals surface area contributed by atoms with E-state index in [0.717, 1.165) is 37.8 Å². The fourth-order valence-electron chi connectivity index (χ4n) is 3.39. The lowest BCUT2D eigenvalue weighted by Crippen LogP contribution is -2.35. The third-order valence-electron chi connectivity index (χ3n) is 4.74. The van der Waals surface area contributed by atoms with Gasteiger partial charge in [0, 0.05) is 43.1 Å². The van der Waals surface area contributed by atoms with E-state index in [4.69, 9.17) is 4.98 Å². The monoisotopic (exact) mass is 289 g/mol. The molecule has 5 heteroatoms. The highest BCUT2D eigenvalue weighted by Gasteiger charge is 2.30. The van der Waals surface area contributed by atoms with E-state index in [1.54, 1.807) is 0 Å². The summed E-state index contributed by atoms with van der Waals surface area (Å²) in [5.74, 6) is 0.912. The average Bonchev–Trinajstić information content (AvgIpc) is 3.16. The SMILES string of the molecule is CCNCc1cnc(N2CCC(N3CCCC3)C2)nc1C. The van der Waals surface area contributed by atoms with Crippen molar-refractivity contribution in [2.24, 2.45) is 0 Å². The summed E-state index contributed by atoms with van der Waals surface area (Å²) in [6.45, 7) is 10.8. The highest BCUT2D eigenvalue weighted by atomic mass is 15.3. The van der Waals surface area contributed by atoms with E-state index < -0.39 is 0 Å². The number of aromatic nitrogens is 2. The highest BCUT2D eigenvalue weighted by Crippen LogP contribution is 2.23. The van der Waals surface area contributed by atoms with E-state index in [9.17, 15) is 0 Å². The predicted molar refractivity (Wildman–Crippen MR) is 85.6 cm³/mol. The van der Waals surface area contributed by atoms with Gasteiger partial charge in [-0.25, -0.2) is 9.97 Å². The Kier molecular flexibility index (Phi) is 4.70. The highest BCUT2D eigenvalue weighted by molar-refractivity contribution is 5.35. The number of likely N-dealkylation sites (tertiary alicyclic amines) is 1. The topological polar surface area (TPSA) is 44.3 Å². The Labute approximate surface area is 127 Å². The first-order valence-electron chi connectivity index (χ1n) is 8.30. The molecule has 2 aliphatic rings. The molecule has 3 heterocycles. The van der Waals surface area contributed by atoms with Gasteiger partial charge < -0.3 is 10.2 Å². The molecule has 0 radical (unpaired) electrons. The minimum atomic E-state index is 0.706. The van der Waals surface area contributed by atoms with Crippen molar-refractivity contribution in [2.45, 2.75) is 45.7 Å². The largest absolute Gasteiger partial charge is 0.339 e. The third-order valence-corrected chi connectivity index (χ3v) is 4.74. The first-order chi connectivity index (χ1) is 10.3. The van der Waals surface area contributed by atoms with Gasteiger partial charge in [0.2, 0.25) is 5.95 Å². The molecule has 0 amide bonds. The van der Waals surface area contributed by atoms with Crippen LogP contribution in [0.4, 0.5) is 5.95 Å². The summed E-state index contributed by atoms with van der Waals surface area (Å²) in [5.41, 5.74) is 2.31. The third kappa shape index (κ3) is 3.35. The van der Waals surface area contributed by atoms with Gasteiger partial charge in [0.05, 0.1) is 0 Å². The van der Waals surface area contributed by atoms with Crippen LogP contribution in [0.2, 0.25) is 0 Å². The number of nitrogens with zero attached hydrogens (tertiary/aromatic N) is 4. The van der Waals surface area contributed by atoms with Crippen LogP contribution in [0.3, 0.4) is 0 Å². The van der Waals surface area contributed by atoms with Crippen molar-refractivity contribution in [1.29, 1.82) is 0 Å². The van der Waals surface area contributed by atoms with Crippen molar-refractivity contribution >= 4 is 5.95 Å². The van der Waals surface area contributed by atoms with Gasteiger partial charge in [-0.1, -0.05) is 6.92 Å². The lowest BCUT2D eigenvalue weighted by atomic mass is 10.2. The van der Waals surface area contributed by atoms with Gasteiger partial charge in [-0.2, -0.15) is 0 Å². The molecule has 0 saturated carbocycles. The molecule has 1 unspecified atom stereocenters. The molecule has 1 aromatic rings. The number of anilines is 1. The number of nitrogens with one attached hydrogen (secondary N) is 1. The summed E-state index contributed by atoms with van der Waals surface area (Å²) in [4.78, 5) is 14.3. The second kappa shape index (κ2) is 6.71.